The number of aromatic nitrogens is 2. The molecule has 1 saturated heterocycles. The van der Waals surface area contributed by atoms with Gasteiger partial charge in [0, 0.05) is 30.4 Å². The number of carbonyl (C=O) groups is 1. The Morgan fingerprint density at radius 1 is 1.23 bits per heavy atom. The first-order valence-electron chi connectivity index (χ1n) is 9.82. The molecule has 1 aromatic heterocycles. The SMILES string of the molecule is CCc1cnc(C)nc1-c1cccc(C(=O)N2CCC3(CCCC3)C2)c1. The molecule has 0 N–H and O–H groups in total. The molecule has 2 aromatic rings. The third-order valence-corrected chi connectivity index (χ3v) is 6.14. The minimum absolute atomic E-state index is 0.166. The molecule has 136 valence electrons. The fourth-order valence-corrected chi connectivity index (χ4v) is 4.63. The zero-order chi connectivity index (χ0) is 18.1. The molecule has 1 amide bonds. The fraction of sp³-hybridized carbons (Fsp3) is 0.500. The molecule has 1 spiro atoms. The second-order valence-electron chi connectivity index (χ2n) is 7.91. The van der Waals surface area contributed by atoms with E-state index in [0.29, 0.717) is 5.41 Å². The van der Waals surface area contributed by atoms with E-state index in [1.54, 1.807) is 0 Å². The first-order valence-corrected chi connectivity index (χ1v) is 9.82. The first kappa shape index (κ1) is 17.2. The van der Waals surface area contributed by atoms with Gasteiger partial charge in [0.15, 0.2) is 0 Å². The Labute approximate surface area is 155 Å². The minimum atomic E-state index is 0.166. The van der Waals surface area contributed by atoms with Crippen molar-refractivity contribution in [1.29, 1.82) is 0 Å². The lowest BCUT2D eigenvalue weighted by atomic mass is 9.86. The lowest BCUT2D eigenvalue weighted by Gasteiger charge is -2.23. The molecule has 2 heterocycles. The summed E-state index contributed by atoms with van der Waals surface area (Å²) in [6, 6.07) is 7.95. The van der Waals surface area contributed by atoms with Gasteiger partial charge in [-0.15, -0.1) is 0 Å². The van der Waals surface area contributed by atoms with Crippen LogP contribution in [0.15, 0.2) is 30.5 Å². The van der Waals surface area contributed by atoms with Crippen molar-refractivity contribution < 1.29 is 4.79 Å². The van der Waals surface area contributed by atoms with Gasteiger partial charge in [0.1, 0.15) is 5.82 Å². The van der Waals surface area contributed by atoms with Crippen LogP contribution in [0.3, 0.4) is 0 Å². The highest BCUT2D eigenvalue weighted by Crippen LogP contribution is 2.45. The highest BCUT2D eigenvalue weighted by molar-refractivity contribution is 5.95. The fourth-order valence-electron chi connectivity index (χ4n) is 4.63. The summed E-state index contributed by atoms with van der Waals surface area (Å²) in [7, 11) is 0. The molecule has 0 bridgehead atoms. The Balaban J connectivity index is 1.60. The van der Waals surface area contributed by atoms with Crippen LogP contribution in [-0.2, 0) is 6.42 Å². The Bertz CT molecular complexity index is 824. The van der Waals surface area contributed by atoms with Gasteiger partial charge >= 0.3 is 0 Å². The largest absolute Gasteiger partial charge is 0.338 e. The van der Waals surface area contributed by atoms with Crippen LogP contribution in [0.25, 0.3) is 11.3 Å². The van der Waals surface area contributed by atoms with Gasteiger partial charge in [-0.05, 0) is 55.7 Å². The summed E-state index contributed by atoms with van der Waals surface area (Å²) < 4.78 is 0. The number of carbonyl (C=O) groups excluding carboxylic acids is 1. The van der Waals surface area contributed by atoms with Crippen LogP contribution in [0, 0.1) is 12.3 Å². The number of likely N-dealkylation sites (tertiary alicyclic amines) is 1. The van der Waals surface area contributed by atoms with Crippen molar-refractivity contribution in [3.63, 3.8) is 0 Å². The van der Waals surface area contributed by atoms with Gasteiger partial charge in [-0.1, -0.05) is 31.9 Å². The molecular weight excluding hydrogens is 322 g/mol. The molecule has 0 unspecified atom stereocenters. The van der Waals surface area contributed by atoms with Gasteiger partial charge in [-0.25, -0.2) is 9.97 Å². The van der Waals surface area contributed by atoms with Crippen LogP contribution in [0.4, 0.5) is 0 Å². The van der Waals surface area contributed by atoms with Crippen molar-refractivity contribution in [1.82, 2.24) is 14.9 Å². The van der Waals surface area contributed by atoms with Gasteiger partial charge in [-0.2, -0.15) is 0 Å². The third-order valence-electron chi connectivity index (χ3n) is 6.14. The Morgan fingerprint density at radius 3 is 2.81 bits per heavy atom. The van der Waals surface area contributed by atoms with E-state index in [0.717, 1.165) is 47.7 Å². The van der Waals surface area contributed by atoms with Crippen molar-refractivity contribution >= 4 is 5.91 Å². The topological polar surface area (TPSA) is 46.1 Å². The number of aryl methyl sites for hydroxylation is 2. The van der Waals surface area contributed by atoms with Crippen LogP contribution in [0.2, 0.25) is 0 Å². The molecular formula is C22H27N3O. The molecule has 0 atom stereocenters. The van der Waals surface area contributed by atoms with Crippen LogP contribution >= 0.6 is 0 Å². The highest BCUT2D eigenvalue weighted by Gasteiger charge is 2.41. The van der Waals surface area contributed by atoms with E-state index in [-0.39, 0.29) is 5.91 Å². The Hall–Kier alpha value is -2.23. The molecule has 1 aliphatic carbocycles. The quantitative estimate of drug-likeness (QED) is 0.824. The summed E-state index contributed by atoms with van der Waals surface area (Å²) in [5.41, 5.74) is 4.25. The van der Waals surface area contributed by atoms with Crippen molar-refractivity contribution in [2.75, 3.05) is 13.1 Å². The van der Waals surface area contributed by atoms with Gasteiger partial charge in [0.2, 0.25) is 0 Å². The average molecular weight is 349 g/mol. The first-order chi connectivity index (χ1) is 12.6. The zero-order valence-electron chi connectivity index (χ0n) is 15.8. The molecule has 26 heavy (non-hydrogen) atoms. The molecule has 4 nitrogen and oxygen atoms in total. The van der Waals surface area contributed by atoms with Gasteiger partial charge in [-0.3, -0.25) is 4.79 Å². The van der Waals surface area contributed by atoms with Crippen LogP contribution < -0.4 is 0 Å². The molecule has 1 aromatic carbocycles. The molecule has 1 saturated carbocycles. The standard InChI is InChI=1S/C22H27N3O/c1-3-17-14-23-16(2)24-20(17)18-7-6-8-19(13-18)21(26)25-12-11-22(15-25)9-4-5-10-22/h6-8,13-14H,3-5,9-12,15H2,1-2H3. The predicted molar refractivity (Wildman–Crippen MR) is 103 cm³/mol. The van der Waals surface area contributed by atoms with E-state index >= 15 is 0 Å². The maximum absolute atomic E-state index is 13.1. The Morgan fingerprint density at radius 2 is 2.04 bits per heavy atom. The highest BCUT2D eigenvalue weighted by atomic mass is 16.2. The molecule has 1 aliphatic heterocycles. The monoisotopic (exact) mass is 349 g/mol. The summed E-state index contributed by atoms with van der Waals surface area (Å²) >= 11 is 0. The zero-order valence-corrected chi connectivity index (χ0v) is 15.8. The molecule has 4 heteroatoms. The molecule has 2 aliphatic rings. The number of hydrogen-bond donors (Lipinski definition) is 0. The van der Waals surface area contributed by atoms with Crippen LogP contribution in [0.1, 0.15) is 60.8 Å². The van der Waals surface area contributed by atoms with Crippen molar-refractivity contribution in [3.8, 4) is 11.3 Å². The van der Waals surface area contributed by atoms with Gasteiger partial charge < -0.3 is 4.90 Å². The van der Waals surface area contributed by atoms with Crippen molar-refractivity contribution in [3.05, 3.63) is 47.4 Å². The molecule has 4 rings (SSSR count). The number of amides is 1. The second kappa shape index (κ2) is 6.82. The number of hydrogen-bond acceptors (Lipinski definition) is 3. The van der Waals surface area contributed by atoms with Crippen molar-refractivity contribution in [2.45, 2.75) is 52.4 Å². The number of benzene rings is 1. The average Bonchev–Trinajstić information content (AvgIpc) is 3.31. The van der Waals surface area contributed by atoms with Crippen LogP contribution in [0.5, 0.6) is 0 Å². The van der Waals surface area contributed by atoms with Gasteiger partial charge in [0.25, 0.3) is 5.91 Å². The van der Waals surface area contributed by atoms with E-state index in [1.165, 1.54) is 32.1 Å². The van der Waals surface area contributed by atoms with Crippen molar-refractivity contribution in [2.24, 2.45) is 5.41 Å². The summed E-state index contributed by atoms with van der Waals surface area (Å²) in [5.74, 6) is 0.927. The third kappa shape index (κ3) is 3.13. The maximum Gasteiger partial charge on any atom is 0.253 e. The van der Waals surface area contributed by atoms with E-state index in [2.05, 4.69) is 21.8 Å². The van der Waals surface area contributed by atoms with E-state index in [4.69, 9.17) is 0 Å². The van der Waals surface area contributed by atoms with E-state index in [1.807, 2.05) is 37.4 Å². The second-order valence-corrected chi connectivity index (χ2v) is 7.91. The molecule has 2 fully saturated rings. The molecule has 0 radical (unpaired) electrons. The van der Waals surface area contributed by atoms with Gasteiger partial charge in [0.05, 0.1) is 5.69 Å². The number of rotatable bonds is 3. The van der Waals surface area contributed by atoms with E-state index < -0.39 is 0 Å². The number of nitrogens with zero attached hydrogens (tertiary/aromatic N) is 3. The van der Waals surface area contributed by atoms with E-state index in [9.17, 15) is 4.79 Å². The summed E-state index contributed by atoms with van der Waals surface area (Å²) in [6.45, 7) is 5.85. The summed E-state index contributed by atoms with van der Waals surface area (Å²) in [6.07, 6.45) is 9.17. The predicted octanol–water partition coefficient (Wildman–Crippen LogP) is 4.42. The minimum Gasteiger partial charge on any atom is -0.338 e. The van der Waals surface area contributed by atoms with Crippen LogP contribution in [-0.4, -0.2) is 33.9 Å². The summed E-state index contributed by atoms with van der Waals surface area (Å²) in [5, 5.41) is 0. The lowest BCUT2D eigenvalue weighted by molar-refractivity contribution is 0.0773. The maximum atomic E-state index is 13.1. The Kier molecular flexibility index (Phi) is 4.51. The normalized spacial score (nSPS) is 18.6. The lowest BCUT2D eigenvalue weighted by Crippen LogP contribution is -2.31. The smallest absolute Gasteiger partial charge is 0.253 e. The summed E-state index contributed by atoms with van der Waals surface area (Å²) in [4.78, 5) is 24.1.